The van der Waals surface area contributed by atoms with E-state index in [4.69, 9.17) is 14.2 Å². The van der Waals surface area contributed by atoms with Crippen LogP contribution in [0.4, 0.5) is 0 Å². The number of hydrogen-bond donors (Lipinski definition) is 0. The summed E-state index contributed by atoms with van der Waals surface area (Å²) < 4.78 is 16.8. The highest BCUT2D eigenvalue weighted by Gasteiger charge is 2.19. The first-order chi connectivity index (χ1) is 26.7. The minimum atomic E-state index is -0.761. The van der Waals surface area contributed by atoms with Crippen molar-refractivity contribution in [1.82, 2.24) is 0 Å². The number of hydrogen-bond acceptors (Lipinski definition) is 6. The first kappa shape index (κ1) is 53.4. The molecule has 1 atom stereocenters. The molecule has 0 aliphatic carbocycles. The van der Waals surface area contributed by atoms with Gasteiger partial charge in [-0.1, -0.05) is 227 Å². The molecule has 0 N–H and O–H groups in total. The van der Waals surface area contributed by atoms with Crippen LogP contribution < -0.4 is 0 Å². The molecule has 6 nitrogen and oxygen atoms in total. The highest BCUT2D eigenvalue weighted by molar-refractivity contribution is 5.71. The predicted octanol–water partition coefficient (Wildman–Crippen LogP) is 15.4. The van der Waals surface area contributed by atoms with E-state index < -0.39 is 6.10 Å². The van der Waals surface area contributed by atoms with Crippen LogP contribution in [0, 0.1) is 11.8 Å². The van der Waals surface area contributed by atoms with Crippen molar-refractivity contribution in [2.45, 2.75) is 272 Å². The summed E-state index contributed by atoms with van der Waals surface area (Å²) in [7, 11) is 0. The zero-order valence-corrected chi connectivity index (χ0v) is 37.6. The molecule has 0 aromatic heterocycles. The van der Waals surface area contributed by atoms with E-state index in [0.29, 0.717) is 19.3 Å². The van der Waals surface area contributed by atoms with E-state index in [0.717, 1.165) is 69.6 Å². The van der Waals surface area contributed by atoms with Crippen molar-refractivity contribution in [3.63, 3.8) is 0 Å². The fourth-order valence-corrected chi connectivity index (χ4v) is 7.28. The molecule has 0 aliphatic heterocycles. The Balaban J connectivity index is 4.32. The largest absolute Gasteiger partial charge is 0.462 e. The zero-order chi connectivity index (χ0) is 40.5. The molecule has 6 heteroatoms. The maximum absolute atomic E-state index is 12.7. The van der Waals surface area contributed by atoms with Crippen molar-refractivity contribution < 1.29 is 28.6 Å². The molecule has 0 heterocycles. The minimum Gasteiger partial charge on any atom is -0.462 e. The lowest BCUT2D eigenvalue weighted by Crippen LogP contribution is -2.30. The molecule has 0 aromatic rings. The summed E-state index contributed by atoms with van der Waals surface area (Å²) in [5, 5.41) is 0. The second-order valence-electron chi connectivity index (χ2n) is 17.7. The van der Waals surface area contributed by atoms with Gasteiger partial charge in [-0.25, -0.2) is 0 Å². The van der Waals surface area contributed by atoms with Crippen LogP contribution in [0.5, 0.6) is 0 Å². The smallest absolute Gasteiger partial charge is 0.306 e. The van der Waals surface area contributed by atoms with Gasteiger partial charge in [0.15, 0.2) is 6.10 Å². The molecule has 0 rings (SSSR count). The topological polar surface area (TPSA) is 78.9 Å². The van der Waals surface area contributed by atoms with Gasteiger partial charge in [-0.05, 0) is 31.1 Å². The van der Waals surface area contributed by atoms with Crippen LogP contribution in [0.25, 0.3) is 0 Å². The van der Waals surface area contributed by atoms with Crippen molar-refractivity contribution in [3.8, 4) is 0 Å². The SMILES string of the molecule is CCCCCCCCCCCCCCCC(=O)OC[C@H](COC(=O)CCCCCCCCCCCCC(C)C)OC(=O)CCCCCCCCCCC(C)C. The highest BCUT2D eigenvalue weighted by atomic mass is 16.6. The molecule has 0 aliphatic rings. The molecule has 0 amide bonds. The van der Waals surface area contributed by atoms with Gasteiger partial charge in [0.2, 0.25) is 0 Å². The quantitative estimate of drug-likeness (QED) is 0.0348. The molecule has 0 saturated heterocycles. The van der Waals surface area contributed by atoms with Gasteiger partial charge in [0.25, 0.3) is 0 Å². The van der Waals surface area contributed by atoms with Gasteiger partial charge in [-0.15, -0.1) is 0 Å². The molecular weight excluding hydrogens is 685 g/mol. The second-order valence-corrected chi connectivity index (χ2v) is 17.7. The molecule has 0 radical (unpaired) electrons. The number of esters is 3. The van der Waals surface area contributed by atoms with Crippen LogP contribution in [0.3, 0.4) is 0 Å². The third-order valence-corrected chi connectivity index (χ3v) is 11.0. The molecule has 0 unspecified atom stereocenters. The fourth-order valence-electron chi connectivity index (χ4n) is 7.28. The third-order valence-electron chi connectivity index (χ3n) is 11.0. The lowest BCUT2D eigenvalue weighted by molar-refractivity contribution is -0.167. The molecule has 0 spiro atoms. The van der Waals surface area contributed by atoms with Crippen LogP contribution >= 0.6 is 0 Å². The summed E-state index contributed by atoms with van der Waals surface area (Å²) >= 11 is 0. The van der Waals surface area contributed by atoms with E-state index in [1.807, 2.05) is 0 Å². The van der Waals surface area contributed by atoms with Gasteiger partial charge in [0, 0.05) is 19.3 Å². The third kappa shape index (κ3) is 43.4. The maximum atomic E-state index is 12.7. The first-order valence-electron chi connectivity index (χ1n) is 24.2. The average Bonchev–Trinajstić information content (AvgIpc) is 3.15. The fraction of sp³-hybridized carbons (Fsp3) is 0.939. The van der Waals surface area contributed by atoms with Crippen LogP contribution in [-0.2, 0) is 28.6 Å². The van der Waals surface area contributed by atoms with Gasteiger partial charge >= 0.3 is 17.9 Å². The van der Waals surface area contributed by atoms with Crippen molar-refractivity contribution in [2.24, 2.45) is 11.8 Å². The first-order valence-corrected chi connectivity index (χ1v) is 24.2. The average molecular weight is 779 g/mol. The van der Waals surface area contributed by atoms with E-state index >= 15 is 0 Å². The van der Waals surface area contributed by atoms with Crippen molar-refractivity contribution in [3.05, 3.63) is 0 Å². The Kier molecular flexibility index (Phi) is 40.8. The molecule has 326 valence electrons. The monoisotopic (exact) mass is 779 g/mol. The summed E-state index contributed by atoms with van der Waals surface area (Å²) in [6.45, 7) is 11.3. The maximum Gasteiger partial charge on any atom is 0.306 e. The van der Waals surface area contributed by atoms with E-state index in [-0.39, 0.29) is 31.1 Å². The molecule has 55 heavy (non-hydrogen) atoms. The van der Waals surface area contributed by atoms with Gasteiger partial charge in [0.1, 0.15) is 13.2 Å². The summed E-state index contributed by atoms with van der Waals surface area (Å²) in [4.78, 5) is 37.8. The Morgan fingerprint density at radius 3 is 0.891 bits per heavy atom. The summed E-state index contributed by atoms with van der Waals surface area (Å²) in [5.74, 6) is 0.757. The van der Waals surface area contributed by atoms with Crippen LogP contribution in [0.1, 0.15) is 266 Å². The van der Waals surface area contributed by atoms with Gasteiger partial charge in [0.05, 0.1) is 0 Å². The second kappa shape index (κ2) is 42.0. The zero-order valence-electron chi connectivity index (χ0n) is 37.6. The van der Waals surface area contributed by atoms with E-state index in [9.17, 15) is 14.4 Å². The van der Waals surface area contributed by atoms with Crippen molar-refractivity contribution in [2.75, 3.05) is 13.2 Å². The molecule has 0 aromatic carbocycles. The summed E-state index contributed by atoms with van der Waals surface area (Å²) in [5.41, 5.74) is 0. The van der Waals surface area contributed by atoms with E-state index in [1.165, 1.54) is 154 Å². The number of unbranched alkanes of at least 4 members (excludes halogenated alkanes) is 28. The number of carbonyl (C=O) groups excluding carboxylic acids is 3. The van der Waals surface area contributed by atoms with Crippen molar-refractivity contribution >= 4 is 17.9 Å². The lowest BCUT2D eigenvalue weighted by atomic mass is 10.0. The summed E-state index contributed by atoms with van der Waals surface area (Å²) in [6.07, 6.45) is 40.9. The van der Waals surface area contributed by atoms with Crippen LogP contribution in [-0.4, -0.2) is 37.2 Å². The highest BCUT2D eigenvalue weighted by Crippen LogP contribution is 2.17. The number of ether oxygens (including phenoxy) is 3. The predicted molar refractivity (Wildman–Crippen MR) is 233 cm³/mol. The Morgan fingerprint density at radius 1 is 0.345 bits per heavy atom. The van der Waals surface area contributed by atoms with Gasteiger partial charge in [-0.3, -0.25) is 14.4 Å². The number of rotatable bonds is 43. The Morgan fingerprint density at radius 2 is 0.600 bits per heavy atom. The van der Waals surface area contributed by atoms with Crippen LogP contribution in [0.15, 0.2) is 0 Å². The lowest BCUT2D eigenvalue weighted by Gasteiger charge is -2.18. The van der Waals surface area contributed by atoms with Gasteiger partial charge < -0.3 is 14.2 Å². The van der Waals surface area contributed by atoms with Gasteiger partial charge in [-0.2, -0.15) is 0 Å². The molecule has 0 fully saturated rings. The normalized spacial score (nSPS) is 12.1. The molecular formula is C49H94O6. The van der Waals surface area contributed by atoms with Crippen LogP contribution in [0.2, 0.25) is 0 Å². The minimum absolute atomic E-state index is 0.0646. The van der Waals surface area contributed by atoms with Crippen molar-refractivity contribution in [1.29, 1.82) is 0 Å². The molecule has 0 bridgehead atoms. The van der Waals surface area contributed by atoms with E-state index in [1.54, 1.807) is 0 Å². The number of carbonyl (C=O) groups is 3. The standard InChI is InChI=1S/C49H94O6/c1-6-7-8-9-10-11-12-13-14-18-24-29-34-39-47(50)53-42-46(55-49(52)41-36-31-26-21-20-23-28-33-38-45(4)5)43-54-48(51)40-35-30-25-19-16-15-17-22-27-32-37-44(2)3/h44-46H,6-43H2,1-5H3/t46-/m1/s1. The molecule has 0 saturated carbocycles. The Bertz CT molecular complexity index is 839. The Hall–Kier alpha value is -1.59. The van der Waals surface area contributed by atoms with E-state index in [2.05, 4.69) is 34.6 Å². The summed E-state index contributed by atoms with van der Waals surface area (Å²) in [6, 6.07) is 0. The Labute approximate surface area is 342 Å².